The number of amides is 1. The van der Waals surface area contributed by atoms with Gasteiger partial charge in [-0.05, 0) is 37.0 Å². The molecular formula is C18H31NO4. The highest BCUT2D eigenvalue weighted by atomic mass is 16.5. The standard InChI is InChI=1S/C18H31NO4/c1-11(20)19-15-10-23-18(17(22)16(15)21)14-7-6-13(9-14)8-12-4-2-3-5-12/h12-18,21-22H,2-10H2,1H3,(H,19,20)/t13?,14?,15-,16-,17-,18-/m1/s1. The lowest BCUT2D eigenvalue weighted by atomic mass is 9.86. The Kier molecular flexibility index (Phi) is 5.60. The van der Waals surface area contributed by atoms with Gasteiger partial charge in [0.15, 0.2) is 0 Å². The van der Waals surface area contributed by atoms with Gasteiger partial charge >= 0.3 is 0 Å². The van der Waals surface area contributed by atoms with Crippen molar-refractivity contribution in [2.75, 3.05) is 6.61 Å². The van der Waals surface area contributed by atoms with E-state index in [0.717, 1.165) is 24.7 Å². The van der Waals surface area contributed by atoms with E-state index in [1.54, 1.807) is 0 Å². The Hall–Kier alpha value is -0.650. The smallest absolute Gasteiger partial charge is 0.217 e. The zero-order valence-corrected chi connectivity index (χ0v) is 14.1. The van der Waals surface area contributed by atoms with Crippen molar-refractivity contribution in [3.8, 4) is 0 Å². The van der Waals surface area contributed by atoms with Crippen LogP contribution in [0.25, 0.3) is 0 Å². The van der Waals surface area contributed by atoms with E-state index in [0.29, 0.717) is 5.92 Å². The van der Waals surface area contributed by atoms with Gasteiger partial charge in [0.25, 0.3) is 0 Å². The first-order valence-electron chi connectivity index (χ1n) is 9.29. The fourth-order valence-corrected chi connectivity index (χ4v) is 4.99. The van der Waals surface area contributed by atoms with Gasteiger partial charge in [-0.25, -0.2) is 0 Å². The van der Waals surface area contributed by atoms with E-state index in [4.69, 9.17) is 4.74 Å². The van der Waals surface area contributed by atoms with Crippen LogP contribution in [0.5, 0.6) is 0 Å². The number of ether oxygens (including phenoxy) is 1. The molecule has 0 radical (unpaired) electrons. The summed E-state index contributed by atoms with van der Waals surface area (Å²) in [7, 11) is 0. The molecule has 1 saturated heterocycles. The first-order chi connectivity index (χ1) is 11.0. The molecule has 2 saturated carbocycles. The third-order valence-corrected chi connectivity index (χ3v) is 6.14. The van der Waals surface area contributed by atoms with Crippen LogP contribution in [0, 0.1) is 17.8 Å². The first kappa shape index (κ1) is 17.2. The van der Waals surface area contributed by atoms with Gasteiger partial charge in [-0.1, -0.05) is 32.1 Å². The first-order valence-corrected chi connectivity index (χ1v) is 9.29. The summed E-state index contributed by atoms with van der Waals surface area (Å²) in [6.45, 7) is 1.70. The highest BCUT2D eigenvalue weighted by Crippen LogP contribution is 2.42. The van der Waals surface area contributed by atoms with Gasteiger partial charge in [-0.2, -0.15) is 0 Å². The number of aliphatic hydroxyl groups excluding tert-OH is 2. The number of carbonyl (C=O) groups excluding carboxylic acids is 1. The molecule has 0 spiro atoms. The van der Waals surface area contributed by atoms with Crippen LogP contribution in [-0.2, 0) is 9.53 Å². The van der Waals surface area contributed by atoms with Gasteiger partial charge in [0.05, 0.1) is 18.8 Å². The second-order valence-electron chi connectivity index (χ2n) is 7.91. The van der Waals surface area contributed by atoms with E-state index < -0.39 is 18.2 Å². The number of nitrogens with one attached hydrogen (secondary N) is 1. The van der Waals surface area contributed by atoms with Gasteiger partial charge in [-0.15, -0.1) is 0 Å². The topological polar surface area (TPSA) is 78.8 Å². The normalized spacial score (nSPS) is 42.0. The zero-order chi connectivity index (χ0) is 16.4. The maximum Gasteiger partial charge on any atom is 0.217 e. The lowest BCUT2D eigenvalue weighted by Crippen LogP contribution is -2.60. The van der Waals surface area contributed by atoms with Crippen molar-refractivity contribution in [3.05, 3.63) is 0 Å². The van der Waals surface area contributed by atoms with Crippen LogP contribution in [0.4, 0.5) is 0 Å². The van der Waals surface area contributed by atoms with E-state index in [-0.39, 0.29) is 18.6 Å². The van der Waals surface area contributed by atoms with Gasteiger partial charge in [0.1, 0.15) is 12.2 Å². The molecule has 0 bridgehead atoms. The second kappa shape index (κ2) is 7.49. The Labute approximate surface area is 138 Å². The number of carbonyl (C=O) groups is 1. The maximum absolute atomic E-state index is 11.2. The summed E-state index contributed by atoms with van der Waals surface area (Å²) >= 11 is 0. The fraction of sp³-hybridized carbons (Fsp3) is 0.944. The van der Waals surface area contributed by atoms with Crippen molar-refractivity contribution >= 4 is 5.91 Å². The molecule has 1 amide bonds. The maximum atomic E-state index is 11.2. The van der Waals surface area contributed by atoms with Gasteiger partial charge < -0.3 is 20.3 Å². The molecule has 0 aromatic rings. The van der Waals surface area contributed by atoms with Gasteiger partial charge in [0.2, 0.25) is 5.91 Å². The predicted molar refractivity (Wildman–Crippen MR) is 86.8 cm³/mol. The molecule has 0 aromatic heterocycles. The van der Waals surface area contributed by atoms with Crippen molar-refractivity contribution in [2.24, 2.45) is 17.8 Å². The summed E-state index contributed by atoms with van der Waals surface area (Å²) < 4.78 is 5.85. The van der Waals surface area contributed by atoms with Gasteiger partial charge in [0, 0.05) is 6.92 Å². The minimum Gasteiger partial charge on any atom is -0.388 e. The van der Waals surface area contributed by atoms with Crippen LogP contribution >= 0.6 is 0 Å². The van der Waals surface area contributed by atoms with Crippen molar-refractivity contribution in [2.45, 2.75) is 82.6 Å². The van der Waals surface area contributed by atoms with Crippen molar-refractivity contribution < 1.29 is 19.7 Å². The summed E-state index contributed by atoms with van der Waals surface area (Å²) in [5.74, 6) is 1.79. The SMILES string of the molecule is CC(=O)N[C@@H]1CO[C@H](C2CCC(CC3CCCC3)C2)[C@H](O)[C@@H]1O. The third-order valence-electron chi connectivity index (χ3n) is 6.14. The lowest BCUT2D eigenvalue weighted by Gasteiger charge is -2.40. The quantitative estimate of drug-likeness (QED) is 0.734. The second-order valence-corrected chi connectivity index (χ2v) is 7.91. The average Bonchev–Trinajstić information content (AvgIpc) is 3.16. The molecule has 2 unspecified atom stereocenters. The minimum absolute atomic E-state index is 0.208. The molecule has 1 aliphatic heterocycles. The molecule has 5 heteroatoms. The van der Waals surface area contributed by atoms with Crippen LogP contribution in [-0.4, -0.2) is 47.1 Å². The summed E-state index contributed by atoms with van der Waals surface area (Å²) in [6, 6.07) is -0.505. The third kappa shape index (κ3) is 4.06. The average molecular weight is 325 g/mol. The van der Waals surface area contributed by atoms with E-state index in [1.165, 1.54) is 45.4 Å². The van der Waals surface area contributed by atoms with E-state index >= 15 is 0 Å². The molecule has 1 heterocycles. The summed E-state index contributed by atoms with van der Waals surface area (Å²) in [5.41, 5.74) is 0. The number of hydrogen-bond acceptors (Lipinski definition) is 4. The molecule has 3 N–H and O–H groups in total. The number of rotatable bonds is 4. The summed E-state index contributed by atoms with van der Waals surface area (Å²) in [4.78, 5) is 11.2. The largest absolute Gasteiger partial charge is 0.388 e. The van der Waals surface area contributed by atoms with Crippen LogP contribution in [0.15, 0.2) is 0 Å². The van der Waals surface area contributed by atoms with Crippen LogP contribution in [0.1, 0.15) is 58.3 Å². The summed E-state index contributed by atoms with van der Waals surface area (Å²) in [6.07, 6.45) is 8.17. The molecule has 3 aliphatic rings. The Bertz CT molecular complexity index is 410. The minimum atomic E-state index is -0.938. The molecule has 2 aliphatic carbocycles. The molecule has 3 rings (SSSR count). The van der Waals surface area contributed by atoms with Gasteiger partial charge in [-0.3, -0.25) is 4.79 Å². The lowest BCUT2D eigenvalue weighted by molar-refractivity contribution is -0.169. The zero-order valence-electron chi connectivity index (χ0n) is 14.1. The Morgan fingerprint density at radius 1 is 1.09 bits per heavy atom. The molecular weight excluding hydrogens is 294 g/mol. The molecule has 0 aromatic carbocycles. The van der Waals surface area contributed by atoms with E-state index in [9.17, 15) is 15.0 Å². The molecule has 3 fully saturated rings. The van der Waals surface area contributed by atoms with E-state index in [2.05, 4.69) is 5.32 Å². The highest BCUT2D eigenvalue weighted by Gasteiger charge is 2.44. The van der Waals surface area contributed by atoms with Crippen LogP contribution in [0.3, 0.4) is 0 Å². The van der Waals surface area contributed by atoms with Crippen molar-refractivity contribution in [1.29, 1.82) is 0 Å². The predicted octanol–water partition coefficient (Wildman–Crippen LogP) is 1.61. The Morgan fingerprint density at radius 2 is 1.83 bits per heavy atom. The fourth-order valence-electron chi connectivity index (χ4n) is 4.99. The molecule has 23 heavy (non-hydrogen) atoms. The Balaban J connectivity index is 1.50. The molecule has 132 valence electrons. The Morgan fingerprint density at radius 3 is 2.52 bits per heavy atom. The highest BCUT2D eigenvalue weighted by molar-refractivity contribution is 5.73. The number of hydrogen-bond donors (Lipinski definition) is 3. The molecule has 6 atom stereocenters. The van der Waals surface area contributed by atoms with Crippen molar-refractivity contribution in [1.82, 2.24) is 5.32 Å². The van der Waals surface area contributed by atoms with Crippen LogP contribution in [0.2, 0.25) is 0 Å². The molecule has 5 nitrogen and oxygen atoms in total. The summed E-state index contributed by atoms with van der Waals surface area (Å²) in [5, 5.41) is 23.3. The monoisotopic (exact) mass is 325 g/mol. The van der Waals surface area contributed by atoms with E-state index in [1.807, 2.05) is 0 Å². The van der Waals surface area contributed by atoms with Crippen molar-refractivity contribution in [3.63, 3.8) is 0 Å². The number of aliphatic hydroxyl groups is 2. The van der Waals surface area contributed by atoms with Crippen LogP contribution < -0.4 is 5.32 Å².